The highest BCUT2D eigenvalue weighted by molar-refractivity contribution is 6.18. The Labute approximate surface area is 513 Å². The van der Waals surface area contributed by atoms with E-state index in [9.17, 15) is 5.26 Å². The van der Waals surface area contributed by atoms with Gasteiger partial charge >= 0.3 is 0 Å². The molecule has 5 heterocycles. The lowest BCUT2D eigenvalue weighted by Gasteiger charge is -2.31. The van der Waals surface area contributed by atoms with Crippen LogP contribution in [-0.4, -0.2) is 23.3 Å². The van der Waals surface area contributed by atoms with Crippen LogP contribution < -0.4 is 0 Å². The summed E-state index contributed by atoms with van der Waals surface area (Å²) >= 11 is 0. The minimum atomic E-state index is -0.695. The SMILES string of the molecule is Cc1ccc2c(c1)c1ccccc1n2-c1c(C#N)c(-n2c3ccccc3c3cc(C)ccc32)c(-n2c3ccccc3c3cc(C)ccc32)c(-c2cccc3c2-c2cnccc2C32c3ccccc3-c3ccccc32)c1-n1c2ccccc2c2cc(C)ccc21. The van der Waals surface area contributed by atoms with Gasteiger partial charge in [0.1, 0.15) is 11.6 Å². The fraction of sp³-hybridized carbons (Fsp3) is 0.0602. The van der Waals surface area contributed by atoms with Gasteiger partial charge in [-0.3, -0.25) is 4.98 Å². The number of aryl methyl sites for hydroxylation is 4. The number of rotatable bonds is 5. The molecule has 19 rings (SSSR count). The second kappa shape index (κ2) is 18.0. The van der Waals surface area contributed by atoms with E-state index in [0.717, 1.165) is 143 Å². The maximum absolute atomic E-state index is 13.3. The van der Waals surface area contributed by atoms with Gasteiger partial charge in [-0.15, -0.1) is 0 Å². The quantitative estimate of drug-likeness (QED) is 0.172. The van der Waals surface area contributed by atoms with Crippen molar-refractivity contribution in [3.8, 4) is 62.2 Å². The summed E-state index contributed by atoms with van der Waals surface area (Å²) in [4.78, 5) is 5.11. The standard InChI is InChI=1S/C83H54N6/c1-48-32-36-73-59(42-48)54-20-7-13-28-69(54)86(73)79-63(46-84)80(87-70-29-14-8-21-55(70)60-43-49(2)33-37-74(60)87)82(89-72-31-16-10-23-57(72)62-45-51(4)35-39-76(62)89)78(81(79)88-71-30-15-9-22-56(71)61-44-50(3)34-38-75(61)88)58-24-17-27-68-77(58)64-47-85-41-40-67(64)83(68)65-25-11-5-18-52(65)53-19-6-12-26-66(53)83/h5-45,47H,1-4H3. The number of para-hydroxylation sites is 4. The van der Waals surface area contributed by atoms with Crippen LogP contribution in [0, 0.1) is 39.0 Å². The van der Waals surface area contributed by atoms with Gasteiger partial charge < -0.3 is 18.3 Å². The first kappa shape index (κ1) is 49.7. The van der Waals surface area contributed by atoms with Crippen LogP contribution in [0.1, 0.15) is 50.1 Å². The fourth-order valence-corrected chi connectivity index (χ4v) is 16.5. The Kier molecular flexibility index (Phi) is 10.1. The second-order valence-electron chi connectivity index (χ2n) is 24.7. The number of benzene rings is 12. The highest BCUT2D eigenvalue weighted by Gasteiger charge is 2.53. The molecule has 416 valence electrons. The minimum absolute atomic E-state index is 0.533. The third-order valence-electron chi connectivity index (χ3n) is 19.9. The average Bonchev–Trinajstić information content (AvgIpc) is 1.55. The maximum atomic E-state index is 13.3. The van der Waals surface area contributed by atoms with E-state index in [1.807, 2.05) is 6.20 Å². The molecule has 0 N–H and O–H groups in total. The maximum Gasteiger partial charge on any atom is 0.104 e. The Morgan fingerprint density at radius 3 is 1.06 bits per heavy atom. The number of fused-ring (bicyclic) bond motifs is 22. The summed E-state index contributed by atoms with van der Waals surface area (Å²) in [5, 5.41) is 22.3. The summed E-state index contributed by atoms with van der Waals surface area (Å²) in [7, 11) is 0. The molecule has 89 heavy (non-hydrogen) atoms. The van der Waals surface area contributed by atoms with Crippen molar-refractivity contribution in [3.63, 3.8) is 0 Å². The lowest BCUT2D eigenvalue weighted by molar-refractivity contribution is 0.792. The number of hydrogen-bond donors (Lipinski definition) is 0. The molecule has 0 amide bonds. The van der Waals surface area contributed by atoms with Crippen molar-refractivity contribution in [1.29, 1.82) is 5.26 Å². The zero-order valence-electron chi connectivity index (χ0n) is 49.4. The van der Waals surface area contributed by atoms with Crippen molar-refractivity contribution in [2.45, 2.75) is 33.1 Å². The number of aromatic nitrogens is 5. The van der Waals surface area contributed by atoms with Gasteiger partial charge in [-0.25, -0.2) is 0 Å². The van der Waals surface area contributed by atoms with Crippen molar-refractivity contribution in [2.75, 3.05) is 0 Å². The van der Waals surface area contributed by atoms with Gasteiger partial charge in [0.15, 0.2) is 0 Å². The predicted octanol–water partition coefficient (Wildman–Crippen LogP) is 20.6. The van der Waals surface area contributed by atoms with Crippen LogP contribution in [0.5, 0.6) is 0 Å². The first-order valence-corrected chi connectivity index (χ1v) is 30.7. The minimum Gasteiger partial charge on any atom is -0.306 e. The van der Waals surface area contributed by atoms with E-state index in [4.69, 9.17) is 4.98 Å². The molecule has 0 unspecified atom stereocenters. The molecule has 2 aliphatic carbocycles. The van der Waals surface area contributed by atoms with Gasteiger partial charge in [0.25, 0.3) is 0 Å². The molecular formula is C83H54N6. The number of nitrogens with zero attached hydrogens (tertiary/aromatic N) is 6. The van der Waals surface area contributed by atoms with Crippen LogP contribution in [0.15, 0.2) is 255 Å². The Morgan fingerprint density at radius 2 is 0.640 bits per heavy atom. The van der Waals surface area contributed by atoms with E-state index in [1.165, 1.54) is 44.5 Å². The number of pyridine rings is 1. The van der Waals surface area contributed by atoms with Crippen LogP contribution in [0.2, 0.25) is 0 Å². The van der Waals surface area contributed by atoms with E-state index in [1.54, 1.807) is 0 Å². The molecule has 12 aromatic carbocycles. The van der Waals surface area contributed by atoms with Crippen molar-refractivity contribution < 1.29 is 0 Å². The molecule has 0 bridgehead atoms. The van der Waals surface area contributed by atoms with Gasteiger partial charge in [-0.05, 0) is 151 Å². The Morgan fingerprint density at radius 1 is 0.303 bits per heavy atom. The molecule has 17 aromatic rings. The first-order valence-electron chi connectivity index (χ1n) is 30.7. The van der Waals surface area contributed by atoms with Crippen LogP contribution in [0.3, 0.4) is 0 Å². The van der Waals surface area contributed by atoms with E-state index in [2.05, 4.69) is 301 Å². The molecular weight excluding hydrogens is 1080 g/mol. The average molecular weight is 1140 g/mol. The summed E-state index contributed by atoms with van der Waals surface area (Å²) < 4.78 is 9.94. The van der Waals surface area contributed by atoms with Crippen LogP contribution >= 0.6 is 0 Å². The van der Waals surface area contributed by atoms with E-state index in [-0.39, 0.29) is 0 Å². The summed E-state index contributed by atoms with van der Waals surface area (Å²) in [5.74, 6) is 0. The smallest absolute Gasteiger partial charge is 0.104 e. The van der Waals surface area contributed by atoms with Gasteiger partial charge in [0.2, 0.25) is 0 Å². The zero-order valence-corrected chi connectivity index (χ0v) is 49.4. The fourth-order valence-electron chi connectivity index (χ4n) is 16.5. The lowest BCUT2D eigenvalue weighted by Crippen LogP contribution is -2.25. The van der Waals surface area contributed by atoms with Gasteiger partial charge in [0, 0.05) is 66.6 Å². The lowest BCUT2D eigenvalue weighted by atomic mass is 9.70. The van der Waals surface area contributed by atoms with Crippen molar-refractivity contribution in [2.24, 2.45) is 0 Å². The molecule has 0 saturated heterocycles. The predicted molar refractivity (Wildman–Crippen MR) is 367 cm³/mol. The largest absolute Gasteiger partial charge is 0.306 e. The van der Waals surface area contributed by atoms with Crippen LogP contribution in [0.25, 0.3) is 143 Å². The summed E-state index contributed by atoms with van der Waals surface area (Å²) in [6, 6.07) is 93.4. The Balaban J connectivity index is 1.16. The third-order valence-corrected chi connectivity index (χ3v) is 19.9. The Bertz CT molecular complexity index is 5760. The van der Waals surface area contributed by atoms with Crippen LogP contribution in [0.4, 0.5) is 0 Å². The molecule has 0 atom stereocenters. The van der Waals surface area contributed by atoms with Gasteiger partial charge in [0.05, 0.1) is 72.3 Å². The summed E-state index contributed by atoms with van der Waals surface area (Å²) in [5.41, 5.74) is 27.5. The molecule has 0 radical (unpaired) electrons. The molecule has 6 nitrogen and oxygen atoms in total. The Hall–Kier alpha value is -11.5. The highest BCUT2D eigenvalue weighted by atomic mass is 15.1. The second-order valence-corrected chi connectivity index (χ2v) is 24.7. The normalized spacial score (nSPS) is 13.0. The summed E-state index contributed by atoms with van der Waals surface area (Å²) in [6.07, 6.45) is 4.11. The molecule has 0 aliphatic heterocycles. The van der Waals surface area contributed by atoms with Crippen molar-refractivity contribution in [1.82, 2.24) is 23.3 Å². The number of nitriles is 1. The monoisotopic (exact) mass is 1130 g/mol. The topological polar surface area (TPSA) is 56.4 Å². The molecule has 5 aromatic heterocycles. The highest BCUT2D eigenvalue weighted by Crippen LogP contribution is 2.65. The summed E-state index contributed by atoms with van der Waals surface area (Å²) in [6.45, 7) is 8.73. The molecule has 1 spiro atoms. The number of hydrogen-bond acceptors (Lipinski definition) is 2. The van der Waals surface area contributed by atoms with Crippen molar-refractivity contribution in [3.05, 3.63) is 305 Å². The molecule has 6 heteroatoms. The first-order chi connectivity index (χ1) is 43.8. The van der Waals surface area contributed by atoms with E-state index >= 15 is 0 Å². The molecule has 2 aliphatic rings. The molecule has 0 saturated carbocycles. The molecule has 0 fully saturated rings. The van der Waals surface area contributed by atoms with E-state index in [0.29, 0.717) is 5.56 Å². The van der Waals surface area contributed by atoms with Crippen molar-refractivity contribution >= 4 is 87.2 Å². The van der Waals surface area contributed by atoms with Crippen LogP contribution in [-0.2, 0) is 5.41 Å². The van der Waals surface area contributed by atoms with E-state index < -0.39 is 5.41 Å². The van der Waals surface area contributed by atoms with Gasteiger partial charge in [-0.2, -0.15) is 5.26 Å². The zero-order chi connectivity index (χ0) is 59.1. The van der Waals surface area contributed by atoms with Gasteiger partial charge in [-0.1, -0.05) is 186 Å². The third kappa shape index (κ3) is 6.40.